The van der Waals surface area contributed by atoms with E-state index in [0.29, 0.717) is 5.92 Å². The largest absolute Gasteiger partial charge is 0.507 e. The molecule has 0 saturated heterocycles. The molecule has 0 radical (unpaired) electrons. The van der Waals surface area contributed by atoms with E-state index < -0.39 is 11.6 Å². The number of hydrogen-bond donors (Lipinski definition) is 1. The van der Waals surface area contributed by atoms with E-state index in [9.17, 15) is 9.90 Å². The third-order valence-corrected chi connectivity index (χ3v) is 2.82. The van der Waals surface area contributed by atoms with Crippen molar-refractivity contribution in [2.24, 2.45) is 0 Å². The number of hydrogen-bond acceptors (Lipinski definition) is 3. The summed E-state index contributed by atoms with van der Waals surface area (Å²) in [6.07, 6.45) is 0.985. The Morgan fingerprint density at radius 1 is 1.39 bits per heavy atom. The predicted octanol–water partition coefficient (Wildman–Crippen LogP) is 3.86. The fourth-order valence-corrected chi connectivity index (χ4v) is 1.59. The first-order valence-corrected chi connectivity index (χ1v) is 6.31. The van der Waals surface area contributed by atoms with Crippen LogP contribution >= 0.6 is 0 Å². The third kappa shape index (κ3) is 3.76. The summed E-state index contributed by atoms with van der Waals surface area (Å²) >= 11 is 0. The molecular formula is C15H22O3. The standard InChI is InChI=1S/C15H22O3/c1-6-10(2)11-7-8-13(16)12(9-11)14(17)18-15(3,4)5/h7-10,16H,6H2,1-5H3. The van der Waals surface area contributed by atoms with Gasteiger partial charge < -0.3 is 9.84 Å². The van der Waals surface area contributed by atoms with Gasteiger partial charge in [-0.2, -0.15) is 0 Å². The Morgan fingerprint density at radius 2 is 2.00 bits per heavy atom. The number of benzene rings is 1. The fraction of sp³-hybridized carbons (Fsp3) is 0.533. The Bertz CT molecular complexity index is 430. The quantitative estimate of drug-likeness (QED) is 0.828. The van der Waals surface area contributed by atoms with E-state index in [2.05, 4.69) is 13.8 Å². The Balaban J connectivity index is 3.04. The maximum absolute atomic E-state index is 12.0. The van der Waals surface area contributed by atoms with Gasteiger partial charge in [0.05, 0.1) is 0 Å². The van der Waals surface area contributed by atoms with Crippen LogP contribution in [0.3, 0.4) is 0 Å². The lowest BCUT2D eigenvalue weighted by Gasteiger charge is -2.20. The number of aromatic hydroxyl groups is 1. The van der Waals surface area contributed by atoms with Crippen LogP contribution in [0.25, 0.3) is 0 Å². The number of esters is 1. The number of ether oxygens (including phenoxy) is 1. The minimum Gasteiger partial charge on any atom is -0.507 e. The van der Waals surface area contributed by atoms with E-state index in [1.807, 2.05) is 6.07 Å². The number of rotatable bonds is 3. The highest BCUT2D eigenvalue weighted by atomic mass is 16.6. The minimum atomic E-state index is -0.560. The Labute approximate surface area is 109 Å². The van der Waals surface area contributed by atoms with Crippen LogP contribution in [0.5, 0.6) is 5.75 Å². The van der Waals surface area contributed by atoms with E-state index in [1.54, 1.807) is 32.9 Å². The summed E-state index contributed by atoms with van der Waals surface area (Å²) in [7, 11) is 0. The van der Waals surface area contributed by atoms with Gasteiger partial charge in [0.15, 0.2) is 0 Å². The van der Waals surface area contributed by atoms with E-state index in [4.69, 9.17) is 4.74 Å². The number of phenolic OH excluding ortho intramolecular Hbond substituents is 1. The maximum Gasteiger partial charge on any atom is 0.342 e. The second-order valence-electron chi connectivity index (χ2n) is 5.59. The topological polar surface area (TPSA) is 46.5 Å². The van der Waals surface area contributed by atoms with E-state index in [-0.39, 0.29) is 11.3 Å². The Hall–Kier alpha value is -1.51. The lowest BCUT2D eigenvalue weighted by molar-refractivity contribution is 0.00667. The fourth-order valence-electron chi connectivity index (χ4n) is 1.59. The molecule has 1 rings (SSSR count). The van der Waals surface area contributed by atoms with Gasteiger partial charge in [-0.1, -0.05) is 19.9 Å². The highest BCUT2D eigenvalue weighted by molar-refractivity contribution is 5.92. The molecule has 1 atom stereocenters. The van der Waals surface area contributed by atoms with E-state index in [1.165, 1.54) is 0 Å². The zero-order valence-corrected chi connectivity index (χ0v) is 11.8. The van der Waals surface area contributed by atoms with Crippen molar-refractivity contribution < 1.29 is 14.6 Å². The first-order valence-electron chi connectivity index (χ1n) is 6.31. The van der Waals surface area contributed by atoms with Crippen molar-refractivity contribution in [2.45, 2.75) is 52.6 Å². The minimum absolute atomic E-state index is 0.0312. The molecule has 0 bridgehead atoms. The number of carbonyl (C=O) groups is 1. The molecule has 1 unspecified atom stereocenters. The lowest BCUT2D eigenvalue weighted by atomic mass is 9.96. The molecule has 0 heterocycles. The number of carbonyl (C=O) groups excluding carboxylic acids is 1. The molecule has 0 aliphatic carbocycles. The molecule has 0 saturated carbocycles. The molecule has 0 amide bonds. The predicted molar refractivity (Wildman–Crippen MR) is 72.0 cm³/mol. The van der Waals surface area contributed by atoms with Gasteiger partial charge in [-0.25, -0.2) is 4.79 Å². The summed E-state index contributed by atoms with van der Waals surface area (Å²) in [6, 6.07) is 5.12. The zero-order valence-electron chi connectivity index (χ0n) is 11.8. The lowest BCUT2D eigenvalue weighted by Crippen LogP contribution is -2.24. The van der Waals surface area contributed by atoms with Crippen LogP contribution in [-0.4, -0.2) is 16.7 Å². The molecule has 0 aliphatic heterocycles. The first kappa shape index (κ1) is 14.6. The summed E-state index contributed by atoms with van der Waals surface area (Å²) < 4.78 is 5.27. The van der Waals surface area contributed by atoms with Gasteiger partial charge in [-0.05, 0) is 50.8 Å². The average molecular weight is 250 g/mol. The zero-order chi connectivity index (χ0) is 13.9. The van der Waals surface area contributed by atoms with Gasteiger partial charge in [0.1, 0.15) is 16.9 Å². The second-order valence-corrected chi connectivity index (χ2v) is 5.59. The van der Waals surface area contributed by atoms with Crippen LogP contribution in [0.2, 0.25) is 0 Å². The molecule has 1 N–H and O–H groups in total. The van der Waals surface area contributed by atoms with Crippen molar-refractivity contribution >= 4 is 5.97 Å². The van der Waals surface area contributed by atoms with Gasteiger partial charge in [0.2, 0.25) is 0 Å². The van der Waals surface area contributed by atoms with Crippen molar-refractivity contribution in [3.63, 3.8) is 0 Å². The van der Waals surface area contributed by atoms with Gasteiger partial charge in [-0.15, -0.1) is 0 Å². The second kappa shape index (κ2) is 5.42. The first-order chi connectivity index (χ1) is 8.24. The molecule has 0 aromatic heterocycles. The maximum atomic E-state index is 12.0. The summed E-state index contributed by atoms with van der Waals surface area (Å²) in [5.74, 6) is -0.159. The van der Waals surface area contributed by atoms with Gasteiger partial charge in [-0.3, -0.25) is 0 Å². The van der Waals surface area contributed by atoms with Gasteiger partial charge in [0.25, 0.3) is 0 Å². The van der Waals surface area contributed by atoms with Crippen molar-refractivity contribution in [2.75, 3.05) is 0 Å². The third-order valence-electron chi connectivity index (χ3n) is 2.82. The molecule has 3 heteroatoms. The SMILES string of the molecule is CCC(C)c1ccc(O)c(C(=O)OC(C)(C)C)c1. The van der Waals surface area contributed by atoms with Crippen molar-refractivity contribution in [3.8, 4) is 5.75 Å². The molecular weight excluding hydrogens is 228 g/mol. The molecule has 1 aromatic carbocycles. The van der Waals surface area contributed by atoms with E-state index in [0.717, 1.165) is 12.0 Å². The summed E-state index contributed by atoms with van der Waals surface area (Å²) in [6.45, 7) is 9.59. The van der Waals surface area contributed by atoms with Gasteiger partial charge >= 0.3 is 5.97 Å². The van der Waals surface area contributed by atoms with Crippen molar-refractivity contribution in [1.29, 1.82) is 0 Å². The summed E-state index contributed by atoms with van der Waals surface area (Å²) in [5.41, 5.74) is 0.717. The molecule has 3 nitrogen and oxygen atoms in total. The molecule has 0 spiro atoms. The Morgan fingerprint density at radius 3 is 2.50 bits per heavy atom. The van der Waals surface area contributed by atoms with Crippen LogP contribution in [0, 0.1) is 0 Å². The van der Waals surface area contributed by atoms with Crippen LogP contribution in [-0.2, 0) is 4.74 Å². The van der Waals surface area contributed by atoms with Gasteiger partial charge in [0, 0.05) is 0 Å². The van der Waals surface area contributed by atoms with Crippen LogP contribution in [0.1, 0.15) is 62.9 Å². The molecule has 0 aliphatic rings. The summed E-state index contributed by atoms with van der Waals surface area (Å²) in [4.78, 5) is 12.0. The molecule has 0 fully saturated rings. The molecule has 100 valence electrons. The normalized spacial score (nSPS) is 13.2. The highest BCUT2D eigenvalue weighted by Gasteiger charge is 2.21. The highest BCUT2D eigenvalue weighted by Crippen LogP contribution is 2.26. The number of phenols is 1. The van der Waals surface area contributed by atoms with Crippen LogP contribution in [0.4, 0.5) is 0 Å². The van der Waals surface area contributed by atoms with Crippen LogP contribution < -0.4 is 0 Å². The van der Waals surface area contributed by atoms with Crippen LogP contribution in [0.15, 0.2) is 18.2 Å². The Kier molecular flexibility index (Phi) is 4.38. The summed E-state index contributed by atoms with van der Waals surface area (Å²) in [5, 5.41) is 9.76. The van der Waals surface area contributed by atoms with Crippen molar-refractivity contribution in [3.05, 3.63) is 29.3 Å². The monoisotopic (exact) mass is 250 g/mol. The molecule has 1 aromatic rings. The van der Waals surface area contributed by atoms with E-state index >= 15 is 0 Å². The smallest absolute Gasteiger partial charge is 0.342 e. The van der Waals surface area contributed by atoms with Crippen molar-refractivity contribution in [1.82, 2.24) is 0 Å². The molecule has 18 heavy (non-hydrogen) atoms. The average Bonchev–Trinajstić information content (AvgIpc) is 2.26.